The van der Waals surface area contributed by atoms with Crippen LogP contribution in [0, 0.1) is 0 Å². The number of pyridine rings is 1. The molecule has 0 spiro atoms. The fourth-order valence-corrected chi connectivity index (χ4v) is 3.63. The second-order valence-corrected chi connectivity index (χ2v) is 6.43. The zero-order valence-electron chi connectivity index (χ0n) is 14.6. The van der Waals surface area contributed by atoms with Crippen LogP contribution in [0.15, 0.2) is 48.7 Å². The average Bonchev–Trinajstić information content (AvgIpc) is 2.84. The number of aromatic carboxylic acids is 1. The first-order chi connectivity index (χ1) is 12.6. The second kappa shape index (κ2) is 6.63. The molecule has 2 aromatic heterocycles. The van der Waals surface area contributed by atoms with Gasteiger partial charge in [-0.25, -0.2) is 9.78 Å². The number of nitrogens with zero attached hydrogens (tertiary/aromatic N) is 4. The van der Waals surface area contributed by atoms with Crippen molar-refractivity contribution in [2.24, 2.45) is 7.05 Å². The molecule has 1 aliphatic rings. The number of aromatic nitrogens is 3. The highest BCUT2D eigenvalue weighted by Crippen LogP contribution is 2.29. The molecule has 1 aromatic carbocycles. The molecule has 6 nitrogen and oxygen atoms in total. The third-order valence-electron chi connectivity index (χ3n) is 4.89. The Hall–Kier alpha value is -3.15. The van der Waals surface area contributed by atoms with Gasteiger partial charge in [-0.1, -0.05) is 30.3 Å². The zero-order valence-corrected chi connectivity index (χ0v) is 14.6. The smallest absolute Gasteiger partial charge is 0.339 e. The Labute approximate surface area is 151 Å². The molecule has 3 heterocycles. The maximum absolute atomic E-state index is 11.5. The lowest BCUT2D eigenvalue weighted by molar-refractivity contribution is 0.0697. The highest BCUT2D eigenvalue weighted by atomic mass is 16.4. The van der Waals surface area contributed by atoms with Crippen molar-refractivity contribution < 1.29 is 9.90 Å². The van der Waals surface area contributed by atoms with Crippen molar-refractivity contribution in [2.45, 2.75) is 12.8 Å². The quantitative estimate of drug-likeness (QED) is 0.788. The molecule has 3 aromatic rings. The summed E-state index contributed by atoms with van der Waals surface area (Å²) in [7, 11) is 1.98. The van der Waals surface area contributed by atoms with E-state index in [1.54, 1.807) is 18.3 Å². The van der Waals surface area contributed by atoms with Gasteiger partial charge in [-0.2, -0.15) is 5.10 Å². The molecule has 0 fully saturated rings. The van der Waals surface area contributed by atoms with Gasteiger partial charge in [0.2, 0.25) is 0 Å². The summed E-state index contributed by atoms with van der Waals surface area (Å²) >= 11 is 0. The van der Waals surface area contributed by atoms with Gasteiger partial charge in [0.25, 0.3) is 0 Å². The Kier molecular flexibility index (Phi) is 4.16. The number of anilines is 1. The van der Waals surface area contributed by atoms with E-state index in [9.17, 15) is 9.90 Å². The van der Waals surface area contributed by atoms with E-state index in [1.165, 1.54) is 11.3 Å². The van der Waals surface area contributed by atoms with E-state index >= 15 is 0 Å². The van der Waals surface area contributed by atoms with E-state index in [0.717, 1.165) is 37.2 Å². The lowest BCUT2D eigenvalue weighted by atomic mass is 10.0. The van der Waals surface area contributed by atoms with E-state index in [4.69, 9.17) is 5.10 Å². The van der Waals surface area contributed by atoms with E-state index in [1.807, 2.05) is 29.9 Å². The molecule has 0 saturated heterocycles. The third-order valence-corrected chi connectivity index (χ3v) is 4.89. The SMILES string of the molecule is Cn1nc(-c2ccccc2)c2c1CCN(c1ncccc1C(=O)O)CC2. The first kappa shape index (κ1) is 16.3. The Morgan fingerprint density at radius 3 is 2.62 bits per heavy atom. The molecule has 0 unspecified atom stereocenters. The van der Waals surface area contributed by atoms with Crippen molar-refractivity contribution in [3.05, 3.63) is 65.5 Å². The summed E-state index contributed by atoms with van der Waals surface area (Å²) in [5.41, 5.74) is 4.83. The van der Waals surface area contributed by atoms with E-state index in [2.05, 4.69) is 22.0 Å². The fourth-order valence-electron chi connectivity index (χ4n) is 3.63. The number of carboxylic acids is 1. The summed E-state index contributed by atoms with van der Waals surface area (Å²) in [5.74, 6) is -0.400. The standard InChI is InChI=1S/C20H20N4O2/c1-23-17-10-13-24(19-16(20(25)26)8-5-11-21-19)12-9-15(17)18(22-23)14-6-3-2-4-7-14/h2-8,11H,9-10,12-13H2,1H3,(H,25,26). The molecule has 1 aliphatic heterocycles. The lowest BCUT2D eigenvalue weighted by Gasteiger charge is -2.22. The molecule has 4 rings (SSSR count). The van der Waals surface area contributed by atoms with Gasteiger partial charge in [0.15, 0.2) is 0 Å². The minimum atomic E-state index is -0.943. The molecule has 0 saturated carbocycles. The van der Waals surface area contributed by atoms with Crippen LogP contribution in [0.2, 0.25) is 0 Å². The number of hydrogen-bond donors (Lipinski definition) is 1. The number of fused-ring (bicyclic) bond motifs is 1. The van der Waals surface area contributed by atoms with Crippen molar-refractivity contribution in [2.75, 3.05) is 18.0 Å². The van der Waals surface area contributed by atoms with E-state index in [0.29, 0.717) is 5.82 Å². The number of rotatable bonds is 3. The van der Waals surface area contributed by atoms with Crippen molar-refractivity contribution in [1.29, 1.82) is 0 Å². The molecule has 0 bridgehead atoms. The monoisotopic (exact) mass is 348 g/mol. The van der Waals surface area contributed by atoms with E-state index in [-0.39, 0.29) is 5.56 Å². The van der Waals surface area contributed by atoms with Gasteiger partial charge in [0.05, 0.1) is 5.69 Å². The van der Waals surface area contributed by atoms with Crippen molar-refractivity contribution in [3.63, 3.8) is 0 Å². The first-order valence-electron chi connectivity index (χ1n) is 8.68. The summed E-state index contributed by atoms with van der Waals surface area (Å²) in [6, 6.07) is 13.5. The van der Waals surface area contributed by atoms with E-state index < -0.39 is 5.97 Å². The van der Waals surface area contributed by atoms with Crippen LogP contribution in [0.4, 0.5) is 5.82 Å². The summed E-state index contributed by atoms with van der Waals surface area (Å²) in [6.07, 6.45) is 3.26. The van der Waals surface area contributed by atoms with Gasteiger partial charge >= 0.3 is 5.97 Å². The van der Waals surface area contributed by atoms with Crippen LogP contribution < -0.4 is 4.90 Å². The third kappa shape index (κ3) is 2.83. The molecule has 0 amide bonds. The van der Waals surface area contributed by atoms with Crippen LogP contribution in [0.5, 0.6) is 0 Å². The molecule has 0 atom stereocenters. The van der Waals surface area contributed by atoms with Gasteiger partial charge in [-0.15, -0.1) is 0 Å². The minimum Gasteiger partial charge on any atom is -0.478 e. The minimum absolute atomic E-state index is 0.250. The topological polar surface area (TPSA) is 71.2 Å². The maximum atomic E-state index is 11.5. The predicted molar refractivity (Wildman–Crippen MR) is 99.5 cm³/mol. The van der Waals surface area contributed by atoms with Gasteiger partial charge < -0.3 is 10.0 Å². The van der Waals surface area contributed by atoms with Gasteiger partial charge in [0.1, 0.15) is 11.4 Å². The van der Waals surface area contributed by atoms with Crippen molar-refractivity contribution >= 4 is 11.8 Å². The van der Waals surface area contributed by atoms with Crippen LogP contribution in [-0.2, 0) is 19.9 Å². The molecular weight excluding hydrogens is 328 g/mol. The van der Waals surface area contributed by atoms with Gasteiger partial charge in [-0.05, 0) is 18.6 Å². The van der Waals surface area contributed by atoms with Gasteiger partial charge in [0, 0.05) is 49.6 Å². The van der Waals surface area contributed by atoms with Gasteiger partial charge in [-0.3, -0.25) is 4.68 Å². The summed E-state index contributed by atoms with van der Waals surface area (Å²) in [6.45, 7) is 1.44. The lowest BCUT2D eigenvalue weighted by Crippen LogP contribution is -2.29. The number of hydrogen-bond acceptors (Lipinski definition) is 4. The highest BCUT2D eigenvalue weighted by molar-refractivity contribution is 5.93. The molecule has 1 N–H and O–H groups in total. The highest BCUT2D eigenvalue weighted by Gasteiger charge is 2.24. The second-order valence-electron chi connectivity index (χ2n) is 6.43. The maximum Gasteiger partial charge on any atom is 0.339 e. The Morgan fingerprint density at radius 2 is 1.85 bits per heavy atom. The number of carbonyl (C=O) groups is 1. The Bertz CT molecular complexity index is 950. The first-order valence-corrected chi connectivity index (χ1v) is 8.68. The summed E-state index contributed by atoms with van der Waals surface area (Å²) in [4.78, 5) is 17.9. The van der Waals surface area contributed by atoms with Crippen molar-refractivity contribution in [1.82, 2.24) is 14.8 Å². The number of aryl methyl sites for hydroxylation is 1. The van der Waals surface area contributed by atoms with Crippen LogP contribution in [0.3, 0.4) is 0 Å². The predicted octanol–water partition coefficient (Wildman–Crippen LogP) is 2.79. The number of benzene rings is 1. The largest absolute Gasteiger partial charge is 0.478 e. The van der Waals surface area contributed by atoms with Crippen LogP contribution in [0.25, 0.3) is 11.3 Å². The molecule has 0 aliphatic carbocycles. The van der Waals surface area contributed by atoms with Crippen LogP contribution >= 0.6 is 0 Å². The van der Waals surface area contributed by atoms with Crippen LogP contribution in [-0.4, -0.2) is 38.9 Å². The molecule has 26 heavy (non-hydrogen) atoms. The number of carboxylic acid groups (broad SMARTS) is 1. The summed E-state index contributed by atoms with van der Waals surface area (Å²) in [5, 5.41) is 14.2. The Balaban J connectivity index is 1.68. The average molecular weight is 348 g/mol. The molecule has 132 valence electrons. The fraction of sp³-hybridized carbons (Fsp3) is 0.250. The molecular formula is C20H20N4O2. The molecule has 0 radical (unpaired) electrons. The Morgan fingerprint density at radius 1 is 1.08 bits per heavy atom. The zero-order chi connectivity index (χ0) is 18.1. The van der Waals surface area contributed by atoms with Crippen LogP contribution in [0.1, 0.15) is 21.6 Å². The van der Waals surface area contributed by atoms with Crippen molar-refractivity contribution in [3.8, 4) is 11.3 Å². The summed E-state index contributed by atoms with van der Waals surface area (Å²) < 4.78 is 1.96. The molecule has 6 heteroatoms. The normalized spacial score (nSPS) is 14.0.